The topological polar surface area (TPSA) is 22.0 Å². The van der Waals surface area contributed by atoms with Gasteiger partial charge in [-0.15, -0.1) is 0 Å². The van der Waals surface area contributed by atoms with E-state index in [0.29, 0.717) is 11.8 Å². The van der Waals surface area contributed by atoms with Crippen molar-refractivity contribution >= 4 is 6.29 Å². The fraction of sp³-hybridized carbons (Fsp3) is 0.375. The van der Waals surface area contributed by atoms with Crippen LogP contribution in [-0.2, 0) is 6.54 Å². The number of hydrogen-bond acceptors (Lipinski definition) is 1. The summed E-state index contributed by atoms with van der Waals surface area (Å²) >= 11 is 0. The summed E-state index contributed by atoms with van der Waals surface area (Å²) in [6.45, 7) is 0.453. The summed E-state index contributed by atoms with van der Waals surface area (Å²) in [7, 11) is 0. The molecule has 0 unspecified atom stereocenters. The second kappa shape index (κ2) is 3.05. The van der Waals surface area contributed by atoms with Crippen molar-refractivity contribution < 1.29 is 13.6 Å². The third kappa shape index (κ3) is 2.45. The van der Waals surface area contributed by atoms with Crippen LogP contribution in [0.3, 0.4) is 0 Å². The van der Waals surface area contributed by atoms with E-state index in [9.17, 15) is 13.6 Å². The molecule has 0 saturated carbocycles. The van der Waals surface area contributed by atoms with Crippen LogP contribution in [0.5, 0.6) is 0 Å². The van der Waals surface area contributed by atoms with Gasteiger partial charge in [0.05, 0.1) is 6.54 Å². The monoisotopic (exact) mass is 173 g/mol. The molecule has 4 heteroatoms. The van der Waals surface area contributed by atoms with Crippen LogP contribution in [0.25, 0.3) is 0 Å². The Labute approximate surface area is 68.8 Å². The van der Waals surface area contributed by atoms with E-state index in [-0.39, 0.29) is 6.54 Å². The van der Waals surface area contributed by atoms with E-state index in [1.54, 1.807) is 0 Å². The molecule has 0 radical (unpaired) electrons. The molecule has 0 saturated heterocycles. The molecule has 1 aromatic rings. The van der Waals surface area contributed by atoms with Crippen LogP contribution in [0.15, 0.2) is 18.5 Å². The number of halogens is 2. The van der Waals surface area contributed by atoms with E-state index >= 15 is 0 Å². The summed E-state index contributed by atoms with van der Waals surface area (Å²) in [6, 6.07) is 1.50. The molecular formula is C8H9F2NO. The standard InChI is InChI=1S/C8H9F2NO/c1-8(9,10)6-11-3-2-7(4-11)5-12/h2-5H,6H2,1H3. The second-order valence-corrected chi connectivity index (χ2v) is 2.81. The highest BCUT2D eigenvalue weighted by Crippen LogP contribution is 2.14. The number of carbonyl (C=O) groups is 1. The number of aromatic nitrogens is 1. The predicted molar refractivity (Wildman–Crippen MR) is 40.4 cm³/mol. The van der Waals surface area contributed by atoms with Gasteiger partial charge in [-0.25, -0.2) is 8.78 Å². The van der Waals surface area contributed by atoms with Crippen LogP contribution < -0.4 is 0 Å². The molecule has 0 aliphatic rings. The highest BCUT2D eigenvalue weighted by atomic mass is 19.3. The third-order valence-corrected chi connectivity index (χ3v) is 1.37. The lowest BCUT2D eigenvalue weighted by atomic mass is 10.4. The van der Waals surface area contributed by atoms with Crippen LogP contribution in [0.4, 0.5) is 8.78 Å². The Balaban J connectivity index is 2.70. The zero-order valence-corrected chi connectivity index (χ0v) is 6.63. The molecule has 0 spiro atoms. The minimum Gasteiger partial charge on any atom is -0.348 e. The summed E-state index contributed by atoms with van der Waals surface area (Å²) in [6.07, 6.45) is 3.48. The summed E-state index contributed by atoms with van der Waals surface area (Å²) in [5, 5.41) is 0. The zero-order valence-electron chi connectivity index (χ0n) is 6.63. The van der Waals surface area contributed by atoms with E-state index in [2.05, 4.69) is 0 Å². The van der Waals surface area contributed by atoms with Crippen LogP contribution in [0.2, 0.25) is 0 Å². The molecule has 0 aliphatic heterocycles. The minimum absolute atomic E-state index is 0.388. The molecule has 66 valence electrons. The second-order valence-electron chi connectivity index (χ2n) is 2.81. The van der Waals surface area contributed by atoms with Crippen LogP contribution in [-0.4, -0.2) is 16.8 Å². The van der Waals surface area contributed by atoms with Gasteiger partial charge in [0.25, 0.3) is 5.92 Å². The van der Waals surface area contributed by atoms with E-state index in [0.717, 1.165) is 6.92 Å². The Kier molecular flexibility index (Phi) is 2.26. The van der Waals surface area contributed by atoms with Gasteiger partial charge in [0.1, 0.15) is 0 Å². The first kappa shape index (κ1) is 8.90. The smallest absolute Gasteiger partial charge is 0.262 e. The lowest BCUT2D eigenvalue weighted by Gasteiger charge is -2.10. The molecule has 1 rings (SSSR count). The van der Waals surface area contributed by atoms with Crippen molar-refractivity contribution in [3.05, 3.63) is 24.0 Å². The number of aldehydes is 1. The van der Waals surface area contributed by atoms with Gasteiger partial charge in [-0.1, -0.05) is 0 Å². The number of hydrogen-bond donors (Lipinski definition) is 0. The van der Waals surface area contributed by atoms with Crippen molar-refractivity contribution in [2.45, 2.75) is 19.4 Å². The van der Waals surface area contributed by atoms with Crippen molar-refractivity contribution in [3.8, 4) is 0 Å². The Morgan fingerprint density at radius 2 is 2.33 bits per heavy atom. The molecule has 0 N–H and O–H groups in total. The molecule has 1 heterocycles. The fourth-order valence-corrected chi connectivity index (χ4v) is 0.948. The van der Waals surface area contributed by atoms with Crippen LogP contribution in [0, 0.1) is 0 Å². The first-order valence-corrected chi connectivity index (χ1v) is 3.50. The zero-order chi connectivity index (χ0) is 9.19. The summed E-state index contributed by atoms with van der Waals surface area (Å²) in [5.74, 6) is -2.74. The van der Waals surface area contributed by atoms with Gasteiger partial charge < -0.3 is 4.57 Å². The maximum absolute atomic E-state index is 12.4. The molecule has 0 atom stereocenters. The molecule has 2 nitrogen and oxygen atoms in total. The third-order valence-electron chi connectivity index (χ3n) is 1.37. The number of alkyl halides is 2. The summed E-state index contributed by atoms with van der Waals surface area (Å²) < 4.78 is 26.1. The molecule has 0 fully saturated rings. The van der Waals surface area contributed by atoms with Crippen LogP contribution in [0.1, 0.15) is 17.3 Å². The normalized spacial score (nSPS) is 11.6. The maximum atomic E-state index is 12.4. The molecule has 0 amide bonds. The maximum Gasteiger partial charge on any atom is 0.262 e. The Morgan fingerprint density at radius 1 is 1.67 bits per heavy atom. The van der Waals surface area contributed by atoms with Gasteiger partial charge in [-0.05, 0) is 6.07 Å². The van der Waals surface area contributed by atoms with E-state index in [4.69, 9.17) is 0 Å². The van der Waals surface area contributed by atoms with Crippen molar-refractivity contribution in [2.24, 2.45) is 0 Å². The van der Waals surface area contributed by atoms with Crippen LogP contribution >= 0.6 is 0 Å². The number of carbonyl (C=O) groups excluding carboxylic acids is 1. The average Bonchev–Trinajstić information content (AvgIpc) is 2.32. The number of nitrogens with zero attached hydrogens (tertiary/aromatic N) is 1. The molecule has 12 heavy (non-hydrogen) atoms. The highest BCUT2D eigenvalue weighted by Gasteiger charge is 2.21. The van der Waals surface area contributed by atoms with Crippen molar-refractivity contribution in [2.75, 3.05) is 0 Å². The largest absolute Gasteiger partial charge is 0.348 e. The Morgan fingerprint density at radius 3 is 2.75 bits per heavy atom. The summed E-state index contributed by atoms with van der Waals surface area (Å²) in [5.41, 5.74) is 0.416. The van der Waals surface area contributed by atoms with Crippen molar-refractivity contribution in [1.29, 1.82) is 0 Å². The Bertz CT molecular complexity index is 275. The molecular weight excluding hydrogens is 164 g/mol. The fourth-order valence-electron chi connectivity index (χ4n) is 0.948. The molecule has 0 bridgehead atoms. The first-order valence-electron chi connectivity index (χ1n) is 3.50. The van der Waals surface area contributed by atoms with E-state index in [1.165, 1.54) is 23.0 Å². The number of rotatable bonds is 3. The van der Waals surface area contributed by atoms with Gasteiger partial charge in [-0.2, -0.15) is 0 Å². The average molecular weight is 173 g/mol. The SMILES string of the molecule is CC(F)(F)Cn1ccc(C=O)c1. The highest BCUT2D eigenvalue weighted by molar-refractivity contribution is 5.74. The molecule has 1 aromatic heterocycles. The summed E-state index contributed by atoms with van der Waals surface area (Å²) in [4.78, 5) is 10.2. The van der Waals surface area contributed by atoms with Gasteiger partial charge in [0, 0.05) is 24.9 Å². The molecule has 0 aliphatic carbocycles. The van der Waals surface area contributed by atoms with Gasteiger partial charge in [0.2, 0.25) is 0 Å². The minimum atomic E-state index is -2.74. The van der Waals surface area contributed by atoms with Gasteiger partial charge >= 0.3 is 0 Å². The Hall–Kier alpha value is -1.19. The lowest BCUT2D eigenvalue weighted by Crippen LogP contribution is -2.17. The molecule has 0 aromatic carbocycles. The van der Waals surface area contributed by atoms with E-state index in [1.807, 2.05) is 0 Å². The van der Waals surface area contributed by atoms with Crippen molar-refractivity contribution in [1.82, 2.24) is 4.57 Å². The van der Waals surface area contributed by atoms with Gasteiger partial charge in [-0.3, -0.25) is 4.79 Å². The quantitative estimate of drug-likeness (QED) is 0.640. The first-order chi connectivity index (χ1) is 5.51. The lowest BCUT2D eigenvalue weighted by molar-refractivity contribution is 0.00399. The predicted octanol–water partition coefficient (Wildman–Crippen LogP) is 1.96. The van der Waals surface area contributed by atoms with E-state index < -0.39 is 5.92 Å². The van der Waals surface area contributed by atoms with Gasteiger partial charge in [0.15, 0.2) is 6.29 Å². The van der Waals surface area contributed by atoms with Crippen molar-refractivity contribution in [3.63, 3.8) is 0 Å².